The number of ether oxygens (including phenoxy) is 1. The first-order valence-corrected chi connectivity index (χ1v) is 6.13. The highest BCUT2D eigenvalue weighted by Gasteiger charge is 2.06. The summed E-state index contributed by atoms with van der Waals surface area (Å²) in [7, 11) is 0. The zero-order valence-corrected chi connectivity index (χ0v) is 10.8. The lowest BCUT2D eigenvalue weighted by molar-refractivity contribution is 0.293. The zero-order chi connectivity index (χ0) is 13.0. The minimum Gasteiger partial charge on any atom is -0.473 e. The van der Waals surface area contributed by atoms with Crippen LogP contribution in [0, 0.1) is 6.92 Å². The molecule has 1 aromatic heterocycles. The Kier molecular flexibility index (Phi) is 3.82. The van der Waals surface area contributed by atoms with Gasteiger partial charge in [0.1, 0.15) is 6.61 Å². The van der Waals surface area contributed by atoms with Crippen LogP contribution in [0.1, 0.15) is 23.7 Å². The molecule has 3 nitrogen and oxygen atoms in total. The Labute approximate surface area is 108 Å². The third-order valence-corrected chi connectivity index (χ3v) is 2.92. The molecule has 1 heterocycles. The number of nitrogen functional groups attached to an aromatic ring is 1. The summed E-state index contributed by atoms with van der Waals surface area (Å²) in [5, 5.41) is 0. The van der Waals surface area contributed by atoms with Gasteiger partial charge in [0.15, 0.2) is 0 Å². The number of nitrogens with two attached hydrogens (primary N) is 1. The summed E-state index contributed by atoms with van der Waals surface area (Å²) in [6, 6.07) is 11.7. The Hall–Kier alpha value is -2.03. The topological polar surface area (TPSA) is 48.1 Å². The van der Waals surface area contributed by atoms with Crippen molar-refractivity contribution in [1.82, 2.24) is 4.98 Å². The predicted molar refractivity (Wildman–Crippen MR) is 73.5 cm³/mol. The molecule has 0 aliphatic heterocycles. The van der Waals surface area contributed by atoms with Gasteiger partial charge in [-0.2, -0.15) is 0 Å². The Morgan fingerprint density at radius 3 is 2.67 bits per heavy atom. The molecule has 1 aromatic carbocycles. The zero-order valence-electron chi connectivity index (χ0n) is 10.8. The molecule has 0 spiro atoms. The predicted octanol–water partition coefficient (Wildman–Crippen LogP) is 3.11. The second kappa shape index (κ2) is 5.54. The van der Waals surface area contributed by atoms with Crippen LogP contribution in [0.15, 0.2) is 36.4 Å². The lowest BCUT2D eigenvalue weighted by Crippen LogP contribution is -2.05. The number of nitrogens with zero attached hydrogens (tertiary/aromatic N) is 1. The van der Waals surface area contributed by atoms with Crippen molar-refractivity contribution in [1.29, 1.82) is 0 Å². The maximum atomic E-state index is 5.99. The monoisotopic (exact) mass is 242 g/mol. The first-order valence-electron chi connectivity index (χ1n) is 6.13. The third-order valence-electron chi connectivity index (χ3n) is 2.92. The van der Waals surface area contributed by atoms with E-state index in [9.17, 15) is 0 Å². The summed E-state index contributed by atoms with van der Waals surface area (Å²) >= 11 is 0. The van der Waals surface area contributed by atoms with E-state index in [1.165, 1.54) is 5.56 Å². The fourth-order valence-electron chi connectivity index (χ4n) is 1.91. The van der Waals surface area contributed by atoms with Crippen molar-refractivity contribution in [2.45, 2.75) is 26.9 Å². The molecule has 2 aromatic rings. The molecule has 18 heavy (non-hydrogen) atoms. The quantitative estimate of drug-likeness (QED) is 0.838. The van der Waals surface area contributed by atoms with Gasteiger partial charge in [-0.25, -0.2) is 4.98 Å². The highest BCUT2D eigenvalue weighted by Crippen LogP contribution is 2.20. The normalized spacial score (nSPS) is 10.3. The van der Waals surface area contributed by atoms with Gasteiger partial charge < -0.3 is 10.5 Å². The van der Waals surface area contributed by atoms with Crippen molar-refractivity contribution in [2.24, 2.45) is 0 Å². The number of anilines is 1. The minimum absolute atomic E-state index is 0.465. The van der Waals surface area contributed by atoms with Crippen molar-refractivity contribution < 1.29 is 4.74 Å². The van der Waals surface area contributed by atoms with Crippen LogP contribution in [0.2, 0.25) is 0 Å². The van der Waals surface area contributed by atoms with Gasteiger partial charge in [-0.05, 0) is 31.0 Å². The molecule has 0 bridgehead atoms. The molecule has 0 unspecified atom stereocenters. The van der Waals surface area contributed by atoms with Gasteiger partial charge in [0.05, 0.1) is 0 Å². The van der Waals surface area contributed by atoms with Crippen LogP contribution in [-0.2, 0) is 13.0 Å². The minimum atomic E-state index is 0.465. The van der Waals surface area contributed by atoms with Crippen LogP contribution in [0.25, 0.3) is 0 Å². The fraction of sp³-hybridized carbons (Fsp3) is 0.267. The standard InChI is InChI=1S/C15H18N2O/c1-3-12-7-5-8-14(16)13(12)10-18-15-9-4-6-11(2)17-15/h4-9H,3,10,16H2,1-2H3. The van der Waals surface area contributed by atoms with Crippen molar-refractivity contribution in [3.8, 4) is 5.88 Å². The van der Waals surface area contributed by atoms with Crippen molar-refractivity contribution >= 4 is 5.69 Å². The van der Waals surface area contributed by atoms with Crippen molar-refractivity contribution in [2.75, 3.05) is 5.73 Å². The maximum absolute atomic E-state index is 5.99. The van der Waals surface area contributed by atoms with E-state index in [-0.39, 0.29) is 0 Å². The smallest absolute Gasteiger partial charge is 0.213 e. The Bertz CT molecular complexity index is 538. The maximum Gasteiger partial charge on any atom is 0.213 e. The van der Waals surface area contributed by atoms with Crippen LogP contribution in [-0.4, -0.2) is 4.98 Å². The van der Waals surface area contributed by atoms with Gasteiger partial charge >= 0.3 is 0 Å². The number of aromatic nitrogens is 1. The SMILES string of the molecule is CCc1cccc(N)c1COc1cccc(C)n1. The van der Waals surface area contributed by atoms with E-state index in [1.54, 1.807) is 0 Å². The van der Waals surface area contributed by atoms with Crippen LogP contribution < -0.4 is 10.5 Å². The van der Waals surface area contributed by atoms with E-state index < -0.39 is 0 Å². The summed E-state index contributed by atoms with van der Waals surface area (Å²) in [4.78, 5) is 4.31. The lowest BCUT2D eigenvalue weighted by Gasteiger charge is -2.12. The Balaban J connectivity index is 2.15. The van der Waals surface area contributed by atoms with Gasteiger partial charge in [-0.1, -0.05) is 25.1 Å². The molecule has 0 saturated heterocycles. The Morgan fingerprint density at radius 1 is 1.17 bits per heavy atom. The molecule has 2 N–H and O–H groups in total. The highest BCUT2D eigenvalue weighted by molar-refractivity contribution is 5.50. The number of hydrogen-bond donors (Lipinski definition) is 1. The average molecular weight is 242 g/mol. The van der Waals surface area contributed by atoms with Gasteiger partial charge in [0.25, 0.3) is 0 Å². The molecule has 2 rings (SSSR count). The van der Waals surface area contributed by atoms with Crippen LogP contribution in [0.3, 0.4) is 0 Å². The van der Waals surface area contributed by atoms with E-state index in [2.05, 4.69) is 18.0 Å². The largest absolute Gasteiger partial charge is 0.473 e. The molecule has 3 heteroatoms. The molecule has 0 aliphatic rings. The first kappa shape index (κ1) is 12.4. The van der Waals surface area contributed by atoms with Crippen LogP contribution in [0.5, 0.6) is 5.88 Å². The molecular formula is C15H18N2O. The number of rotatable bonds is 4. The van der Waals surface area contributed by atoms with Crippen molar-refractivity contribution in [3.05, 3.63) is 53.2 Å². The molecule has 0 atom stereocenters. The lowest BCUT2D eigenvalue weighted by atomic mass is 10.0. The van der Waals surface area contributed by atoms with E-state index in [1.807, 2.05) is 37.3 Å². The summed E-state index contributed by atoms with van der Waals surface area (Å²) in [5.41, 5.74) is 10.0. The van der Waals surface area contributed by atoms with Crippen molar-refractivity contribution in [3.63, 3.8) is 0 Å². The fourth-order valence-corrected chi connectivity index (χ4v) is 1.91. The highest BCUT2D eigenvalue weighted by atomic mass is 16.5. The molecule has 0 saturated carbocycles. The summed E-state index contributed by atoms with van der Waals surface area (Å²) in [6.07, 6.45) is 0.949. The van der Waals surface area contributed by atoms with E-state index in [0.29, 0.717) is 12.5 Å². The first-order chi connectivity index (χ1) is 8.70. The van der Waals surface area contributed by atoms with Crippen LogP contribution in [0.4, 0.5) is 5.69 Å². The summed E-state index contributed by atoms with van der Waals surface area (Å²) in [6.45, 7) is 4.52. The molecule has 94 valence electrons. The second-order valence-corrected chi connectivity index (χ2v) is 4.24. The molecule has 0 radical (unpaired) electrons. The van der Waals surface area contributed by atoms with Gasteiger partial charge in [0.2, 0.25) is 5.88 Å². The Morgan fingerprint density at radius 2 is 1.94 bits per heavy atom. The average Bonchev–Trinajstić information content (AvgIpc) is 2.37. The molecule has 0 amide bonds. The van der Waals surface area contributed by atoms with E-state index >= 15 is 0 Å². The number of hydrogen-bond acceptors (Lipinski definition) is 3. The summed E-state index contributed by atoms with van der Waals surface area (Å²) in [5.74, 6) is 0.639. The molecule has 0 fully saturated rings. The number of benzene rings is 1. The molecule has 0 aliphatic carbocycles. The van der Waals surface area contributed by atoms with E-state index in [0.717, 1.165) is 23.4 Å². The van der Waals surface area contributed by atoms with Gasteiger partial charge in [-0.3, -0.25) is 0 Å². The third kappa shape index (κ3) is 2.80. The van der Waals surface area contributed by atoms with Gasteiger partial charge in [-0.15, -0.1) is 0 Å². The number of aryl methyl sites for hydroxylation is 2. The molecular weight excluding hydrogens is 224 g/mol. The summed E-state index contributed by atoms with van der Waals surface area (Å²) < 4.78 is 5.71. The van der Waals surface area contributed by atoms with Gasteiger partial charge in [0, 0.05) is 23.0 Å². The second-order valence-electron chi connectivity index (χ2n) is 4.24. The van der Waals surface area contributed by atoms with Crippen LogP contribution >= 0.6 is 0 Å². The number of pyridine rings is 1. The van der Waals surface area contributed by atoms with E-state index in [4.69, 9.17) is 10.5 Å².